The SMILES string of the molecule is CC(C)N1CCC(CNC(=O)CNC2CC2)C1. The number of amides is 1. The van der Waals surface area contributed by atoms with Crippen LogP contribution in [0, 0.1) is 5.92 Å². The lowest BCUT2D eigenvalue weighted by Gasteiger charge is -2.20. The minimum Gasteiger partial charge on any atom is -0.355 e. The molecule has 2 fully saturated rings. The van der Waals surface area contributed by atoms with Crippen molar-refractivity contribution in [2.75, 3.05) is 26.2 Å². The molecule has 0 aromatic rings. The molecule has 4 nitrogen and oxygen atoms in total. The average Bonchev–Trinajstić information content (AvgIpc) is 3.00. The van der Waals surface area contributed by atoms with Crippen molar-refractivity contribution >= 4 is 5.91 Å². The summed E-state index contributed by atoms with van der Waals surface area (Å²) < 4.78 is 0. The predicted octanol–water partition coefficient (Wildman–Crippen LogP) is 0.585. The summed E-state index contributed by atoms with van der Waals surface area (Å²) in [7, 11) is 0. The molecule has 0 aromatic carbocycles. The van der Waals surface area contributed by atoms with Crippen LogP contribution < -0.4 is 10.6 Å². The van der Waals surface area contributed by atoms with Gasteiger partial charge < -0.3 is 15.5 Å². The highest BCUT2D eigenvalue weighted by molar-refractivity contribution is 5.78. The van der Waals surface area contributed by atoms with Gasteiger partial charge >= 0.3 is 0 Å². The van der Waals surface area contributed by atoms with Crippen molar-refractivity contribution in [3.05, 3.63) is 0 Å². The number of hydrogen-bond acceptors (Lipinski definition) is 3. The first-order valence-electron chi connectivity index (χ1n) is 6.89. The molecule has 1 saturated heterocycles. The molecule has 1 aliphatic heterocycles. The van der Waals surface area contributed by atoms with Gasteiger partial charge in [-0.1, -0.05) is 0 Å². The third-order valence-corrected chi connectivity index (χ3v) is 3.76. The van der Waals surface area contributed by atoms with Crippen molar-refractivity contribution in [2.45, 2.75) is 45.2 Å². The third-order valence-electron chi connectivity index (χ3n) is 3.76. The zero-order valence-electron chi connectivity index (χ0n) is 11.0. The molecular formula is C13H25N3O. The van der Waals surface area contributed by atoms with Crippen molar-refractivity contribution in [3.63, 3.8) is 0 Å². The maximum Gasteiger partial charge on any atom is 0.233 e. The van der Waals surface area contributed by atoms with Crippen LogP contribution in [0.3, 0.4) is 0 Å². The summed E-state index contributed by atoms with van der Waals surface area (Å²) >= 11 is 0. The summed E-state index contributed by atoms with van der Waals surface area (Å²) in [5.41, 5.74) is 0. The molecule has 0 spiro atoms. The third kappa shape index (κ3) is 4.28. The smallest absolute Gasteiger partial charge is 0.233 e. The van der Waals surface area contributed by atoms with E-state index in [9.17, 15) is 4.79 Å². The van der Waals surface area contributed by atoms with E-state index in [-0.39, 0.29) is 5.91 Å². The molecule has 2 aliphatic rings. The molecule has 1 atom stereocenters. The number of carbonyl (C=O) groups is 1. The van der Waals surface area contributed by atoms with Gasteiger partial charge in [-0.3, -0.25) is 4.79 Å². The number of nitrogens with zero attached hydrogens (tertiary/aromatic N) is 1. The van der Waals surface area contributed by atoms with E-state index < -0.39 is 0 Å². The Hall–Kier alpha value is -0.610. The molecule has 98 valence electrons. The zero-order valence-corrected chi connectivity index (χ0v) is 11.0. The van der Waals surface area contributed by atoms with Crippen molar-refractivity contribution < 1.29 is 4.79 Å². The Morgan fingerprint density at radius 2 is 2.12 bits per heavy atom. The van der Waals surface area contributed by atoms with Crippen LogP contribution in [0.4, 0.5) is 0 Å². The van der Waals surface area contributed by atoms with Crippen molar-refractivity contribution in [1.82, 2.24) is 15.5 Å². The zero-order chi connectivity index (χ0) is 12.3. The van der Waals surface area contributed by atoms with Gasteiger partial charge in [0.25, 0.3) is 0 Å². The van der Waals surface area contributed by atoms with E-state index in [0.717, 1.165) is 13.1 Å². The first kappa shape index (κ1) is 12.8. The van der Waals surface area contributed by atoms with Crippen LogP contribution in [0.2, 0.25) is 0 Å². The van der Waals surface area contributed by atoms with Crippen LogP contribution >= 0.6 is 0 Å². The number of carbonyl (C=O) groups excluding carboxylic acids is 1. The fourth-order valence-corrected chi connectivity index (χ4v) is 2.34. The van der Waals surface area contributed by atoms with Crippen LogP contribution in [-0.4, -0.2) is 49.1 Å². The molecule has 1 aliphatic carbocycles. The lowest BCUT2D eigenvalue weighted by Crippen LogP contribution is -2.38. The van der Waals surface area contributed by atoms with Crippen molar-refractivity contribution in [1.29, 1.82) is 0 Å². The van der Waals surface area contributed by atoms with Gasteiger partial charge in [0, 0.05) is 25.2 Å². The van der Waals surface area contributed by atoms with Gasteiger partial charge in [0.1, 0.15) is 0 Å². The molecule has 0 aromatic heterocycles. The quantitative estimate of drug-likeness (QED) is 0.713. The molecule has 0 radical (unpaired) electrons. The minimum absolute atomic E-state index is 0.153. The lowest BCUT2D eigenvalue weighted by atomic mass is 10.1. The van der Waals surface area contributed by atoms with Gasteiger partial charge in [-0.25, -0.2) is 0 Å². The summed E-state index contributed by atoms with van der Waals surface area (Å²) in [6.45, 7) is 8.12. The fourth-order valence-electron chi connectivity index (χ4n) is 2.34. The van der Waals surface area contributed by atoms with E-state index in [0.29, 0.717) is 24.5 Å². The molecule has 17 heavy (non-hydrogen) atoms. The number of hydrogen-bond donors (Lipinski definition) is 2. The summed E-state index contributed by atoms with van der Waals surface area (Å²) in [6, 6.07) is 1.25. The van der Waals surface area contributed by atoms with Crippen LogP contribution in [0.5, 0.6) is 0 Å². The number of nitrogens with one attached hydrogen (secondary N) is 2. The Bertz CT molecular complexity index is 263. The second kappa shape index (κ2) is 5.83. The first-order valence-corrected chi connectivity index (χ1v) is 6.89. The summed E-state index contributed by atoms with van der Waals surface area (Å²) in [4.78, 5) is 14.0. The van der Waals surface area contributed by atoms with E-state index in [1.807, 2.05) is 0 Å². The minimum atomic E-state index is 0.153. The van der Waals surface area contributed by atoms with Crippen molar-refractivity contribution in [2.24, 2.45) is 5.92 Å². The van der Waals surface area contributed by atoms with Crippen LogP contribution in [0.25, 0.3) is 0 Å². The summed E-state index contributed by atoms with van der Waals surface area (Å²) in [6.07, 6.45) is 3.69. The molecule has 2 rings (SSSR count). The van der Waals surface area contributed by atoms with Gasteiger partial charge in [-0.2, -0.15) is 0 Å². The Labute approximate surface area is 104 Å². The first-order chi connectivity index (χ1) is 8.15. The second-order valence-electron chi connectivity index (χ2n) is 5.70. The molecular weight excluding hydrogens is 214 g/mol. The summed E-state index contributed by atoms with van der Waals surface area (Å²) in [5, 5.41) is 6.28. The number of likely N-dealkylation sites (tertiary alicyclic amines) is 1. The predicted molar refractivity (Wildman–Crippen MR) is 68.9 cm³/mol. The normalized spacial score (nSPS) is 25.5. The Morgan fingerprint density at radius 1 is 1.35 bits per heavy atom. The topological polar surface area (TPSA) is 44.4 Å². The lowest BCUT2D eigenvalue weighted by molar-refractivity contribution is -0.120. The van der Waals surface area contributed by atoms with Gasteiger partial charge in [-0.05, 0) is 45.6 Å². The van der Waals surface area contributed by atoms with Gasteiger partial charge in [0.2, 0.25) is 5.91 Å². The second-order valence-corrected chi connectivity index (χ2v) is 5.70. The molecule has 2 N–H and O–H groups in total. The largest absolute Gasteiger partial charge is 0.355 e. The summed E-state index contributed by atoms with van der Waals surface area (Å²) in [5.74, 6) is 0.794. The van der Waals surface area contributed by atoms with Crippen LogP contribution in [-0.2, 0) is 4.79 Å². The molecule has 1 saturated carbocycles. The van der Waals surface area contributed by atoms with Gasteiger partial charge in [0.05, 0.1) is 6.54 Å². The highest BCUT2D eigenvalue weighted by atomic mass is 16.1. The molecule has 1 amide bonds. The van der Waals surface area contributed by atoms with E-state index in [4.69, 9.17) is 0 Å². The van der Waals surface area contributed by atoms with Crippen LogP contribution in [0.15, 0.2) is 0 Å². The fraction of sp³-hybridized carbons (Fsp3) is 0.923. The molecule has 1 unspecified atom stereocenters. The monoisotopic (exact) mass is 239 g/mol. The highest BCUT2D eigenvalue weighted by Crippen LogP contribution is 2.18. The average molecular weight is 239 g/mol. The van der Waals surface area contributed by atoms with Crippen molar-refractivity contribution in [3.8, 4) is 0 Å². The van der Waals surface area contributed by atoms with Gasteiger partial charge in [-0.15, -0.1) is 0 Å². The standard InChI is InChI=1S/C13H25N3O/c1-10(2)16-6-5-11(9-16)7-15-13(17)8-14-12-3-4-12/h10-12,14H,3-9H2,1-2H3,(H,15,17). The maximum atomic E-state index is 11.6. The van der Waals surface area contributed by atoms with E-state index >= 15 is 0 Å². The molecule has 1 heterocycles. The number of rotatable bonds is 6. The molecule has 0 bridgehead atoms. The van der Waals surface area contributed by atoms with E-state index in [2.05, 4.69) is 29.4 Å². The van der Waals surface area contributed by atoms with Crippen LogP contribution in [0.1, 0.15) is 33.1 Å². The van der Waals surface area contributed by atoms with Gasteiger partial charge in [0.15, 0.2) is 0 Å². The Kier molecular flexibility index (Phi) is 4.40. The maximum absolute atomic E-state index is 11.6. The van der Waals surface area contributed by atoms with E-state index in [1.165, 1.54) is 25.8 Å². The van der Waals surface area contributed by atoms with E-state index in [1.54, 1.807) is 0 Å². The Morgan fingerprint density at radius 3 is 2.71 bits per heavy atom. The molecule has 4 heteroatoms. The highest BCUT2D eigenvalue weighted by Gasteiger charge is 2.25. The Balaban J connectivity index is 1.56.